The van der Waals surface area contributed by atoms with E-state index < -0.39 is 0 Å². The Labute approximate surface area is 179 Å². The Morgan fingerprint density at radius 2 is 1.73 bits per heavy atom. The minimum atomic E-state index is 0.0269. The summed E-state index contributed by atoms with van der Waals surface area (Å²) in [6.45, 7) is 4.81. The van der Waals surface area contributed by atoms with E-state index in [1.54, 1.807) is 11.3 Å². The monoisotopic (exact) mass is 423 g/mol. The van der Waals surface area contributed by atoms with Gasteiger partial charge in [-0.2, -0.15) is 0 Å². The van der Waals surface area contributed by atoms with Gasteiger partial charge in [0.05, 0.1) is 5.92 Å². The number of hydrogen-bond donors (Lipinski definition) is 0. The lowest BCUT2D eigenvalue weighted by atomic mass is 9.96. The van der Waals surface area contributed by atoms with Crippen LogP contribution in [0.4, 0.5) is 10.9 Å². The molecule has 1 atom stereocenters. The molecule has 2 saturated heterocycles. The lowest BCUT2D eigenvalue weighted by molar-refractivity contribution is -0.136. The predicted molar refractivity (Wildman–Crippen MR) is 117 cm³/mol. The van der Waals surface area contributed by atoms with Gasteiger partial charge in [-0.05, 0) is 37.1 Å². The molecule has 0 aliphatic carbocycles. The normalized spacial score (nSPS) is 19.9. The summed E-state index contributed by atoms with van der Waals surface area (Å²) in [4.78, 5) is 24.1. The van der Waals surface area contributed by atoms with Crippen molar-refractivity contribution in [3.05, 3.63) is 48.9 Å². The van der Waals surface area contributed by atoms with E-state index in [0.29, 0.717) is 0 Å². The first-order valence-corrected chi connectivity index (χ1v) is 11.3. The molecule has 0 bridgehead atoms. The number of anilines is 2. The second-order valence-electron chi connectivity index (χ2n) is 7.74. The van der Waals surface area contributed by atoms with E-state index in [-0.39, 0.29) is 11.8 Å². The van der Waals surface area contributed by atoms with Crippen molar-refractivity contribution in [1.82, 2.24) is 24.6 Å². The number of hydrogen-bond acceptors (Lipinski definition) is 7. The number of carbonyl (C=O) groups excluding carboxylic acids is 1. The number of nitrogens with zero attached hydrogens (tertiary/aromatic N) is 7. The van der Waals surface area contributed by atoms with Crippen LogP contribution in [0.5, 0.6) is 0 Å². The van der Waals surface area contributed by atoms with Crippen LogP contribution >= 0.6 is 11.3 Å². The Kier molecular flexibility index (Phi) is 5.35. The Hall–Kier alpha value is -2.94. The molecule has 0 aromatic carbocycles. The molecule has 0 saturated carbocycles. The minimum Gasteiger partial charge on any atom is -0.353 e. The highest BCUT2D eigenvalue weighted by Gasteiger charge is 2.32. The fourth-order valence-corrected chi connectivity index (χ4v) is 5.06. The number of aromatic nitrogens is 4. The molecule has 5 rings (SSSR count). The first-order valence-electron chi connectivity index (χ1n) is 10.4. The zero-order valence-electron chi connectivity index (χ0n) is 16.8. The van der Waals surface area contributed by atoms with Crippen molar-refractivity contribution < 1.29 is 4.79 Å². The van der Waals surface area contributed by atoms with Crippen LogP contribution < -0.4 is 9.80 Å². The summed E-state index contributed by atoms with van der Waals surface area (Å²) in [6, 6.07) is 9.91. The molecule has 1 amide bonds. The average Bonchev–Trinajstić information content (AvgIpc) is 3.52. The number of rotatable bonds is 4. The van der Waals surface area contributed by atoms with Crippen LogP contribution in [0.15, 0.2) is 48.9 Å². The fourth-order valence-electron chi connectivity index (χ4n) is 4.21. The van der Waals surface area contributed by atoms with Crippen molar-refractivity contribution in [2.45, 2.75) is 12.8 Å². The molecule has 2 fully saturated rings. The quantitative estimate of drug-likeness (QED) is 0.641. The smallest absolute Gasteiger partial charge is 0.227 e. The third-order valence-electron chi connectivity index (χ3n) is 5.83. The fraction of sp³-hybridized carbons (Fsp3) is 0.429. The lowest BCUT2D eigenvalue weighted by Crippen LogP contribution is -2.52. The summed E-state index contributed by atoms with van der Waals surface area (Å²) in [5.74, 6) is 1.29. The van der Waals surface area contributed by atoms with Crippen LogP contribution in [0.25, 0.3) is 5.13 Å². The standard InChI is InChI=1S/C21H25N7OS/c29-19(26-14-12-25(13-15-26)18-7-1-2-8-22-18)17-6-5-11-28(16-17)21-24-23-20(30-21)27-9-3-4-10-27/h1-4,7-10,17H,5-6,11-16H2/t17-/m0/s1. The van der Waals surface area contributed by atoms with Gasteiger partial charge in [-0.3, -0.25) is 9.36 Å². The van der Waals surface area contributed by atoms with Gasteiger partial charge in [0, 0.05) is 57.9 Å². The van der Waals surface area contributed by atoms with Crippen LogP contribution in [0.3, 0.4) is 0 Å². The molecule has 9 heteroatoms. The van der Waals surface area contributed by atoms with E-state index in [2.05, 4.69) is 25.0 Å². The summed E-state index contributed by atoms with van der Waals surface area (Å²) in [5, 5.41) is 10.4. The summed E-state index contributed by atoms with van der Waals surface area (Å²) in [6.07, 6.45) is 7.70. The van der Waals surface area contributed by atoms with E-state index in [0.717, 1.165) is 68.2 Å². The maximum atomic E-state index is 13.2. The zero-order valence-corrected chi connectivity index (χ0v) is 17.6. The Morgan fingerprint density at radius 3 is 2.50 bits per heavy atom. The van der Waals surface area contributed by atoms with Gasteiger partial charge in [-0.15, -0.1) is 10.2 Å². The largest absolute Gasteiger partial charge is 0.353 e. The molecule has 30 heavy (non-hydrogen) atoms. The van der Waals surface area contributed by atoms with Crippen LogP contribution in [0.2, 0.25) is 0 Å². The average molecular weight is 424 g/mol. The first-order chi connectivity index (χ1) is 14.8. The molecule has 156 valence electrons. The second-order valence-corrected chi connectivity index (χ2v) is 8.68. The van der Waals surface area contributed by atoms with Gasteiger partial charge >= 0.3 is 0 Å². The van der Waals surface area contributed by atoms with Crippen LogP contribution in [0, 0.1) is 5.92 Å². The van der Waals surface area contributed by atoms with Gasteiger partial charge in [-0.1, -0.05) is 17.4 Å². The third-order valence-corrected chi connectivity index (χ3v) is 6.83. The predicted octanol–water partition coefficient (Wildman–Crippen LogP) is 2.29. The molecule has 3 aromatic rings. The van der Waals surface area contributed by atoms with E-state index in [1.807, 2.05) is 58.4 Å². The van der Waals surface area contributed by atoms with Gasteiger partial charge in [0.25, 0.3) is 0 Å². The number of amides is 1. The maximum Gasteiger partial charge on any atom is 0.227 e. The van der Waals surface area contributed by atoms with Crippen molar-refractivity contribution in [2.24, 2.45) is 5.92 Å². The number of pyridine rings is 1. The molecule has 0 spiro atoms. The van der Waals surface area contributed by atoms with E-state index in [9.17, 15) is 4.79 Å². The molecular formula is C21H25N7OS. The van der Waals surface area contributed by atoms with Crippen molar-refractivity contribution in [2.75, 3.05) is 49.1 Å². The molecule has 5 heterocycles. The highest BCUT2D eigenvalue weighted by Crippen LogP contribution is 2.29. The van der Waals surface area contributed by atoms with Crippen LogP contribution in [-0.2, 0) is 4.79 Å². The van der Waals surface area contributed by atoms with Crippen molar-refractivity contribution in [1.29, 1.82) is 0 Å². The SMILES string of the molecule is O=C([C@H]1CCCN(c2nnc(-n3cccc3)s2)C1)N1CCN(c2ccccn2)CC1. The van der Waals surface area contributed by atoms with E-state index in [4.69, 9.17) is 0 Å². The minimum absolute atomic E-state index is 0.0269. The molecule has 8 nitrogen and oxygen atoms in total. The second kappa shape index (κ2) is 8.43. The zero-order chi connectivity index (χ0) is 20.3. The molecular weight excluding hydrogens is 398 g/mol. The van der Waals surface area contributed by atoms with Crippen molar-refractivity contribution in [3.8, 4) is 5.13 Å². The van der Waals surface area contributed by atoms with E-state index in [1.165, 1.54) is 0 Å². The highest BCUT2D eigenvalue weighted by atomic mass is 32.1. The van der Waals surface area contributed by atoms with Gasteiger partial charge < -0.3 is 14.7 Å². The number of carbonyl (C=O) groups is 1. The Morgan fingerprint density at radius 1 is 0.933 bits per heavy atom. The summed E-state index contributed by atoms with van der Waals surface area (Å²) in [7, 11) is 0. The highest BCUT2D eigenvalue weighted by molar-refractivity contribution is 7.17. The van der Waals surface area contributed by atoms with Crippen LogP contribution in [-0.4, -0.2) is 69.8 Å². The Balaban J connectivity index is 1.20. The molecule has 0 unspecified atom stereocenters. The summed E-state index contributed by atoms with van der Waals surface area (Å²) < 4.78 is 1.97. The van der Waals surface area contributed by atoms with E-state index >= 15 is 0 Å². The van der Waals surface area contributed by atoms with Gasteiger partial charge in [0.1, 0.15) is 5.82 Å². The van der Waals surface area contributed by atoms with Gasteiger partial charge in [0.2, 0.25) is 16.2 Å². The molecule has 0 radical (unpaired) electrons. The van der Waals surface area contributed by atoms with Gasteiger partial charge in [0.15, 0.2) is 0 Å². The number of piperidine rings is 1. The Bertz CT molecular complexity index is 966. The summed E-state index contributed by atoms with van der Waals surface area (Å²) in [5.41, 5.74) is 0. The number of piperazine rings is 1. The lowest BCUT2D eigenvalue weighted by Gasteiger charge is -2.39. The summed E-state index contributed by atoms with van der Waals surface area (Å²) >= 11 is 1.57. The molecule has 3 aromatic heterocycles. The maximum absolute atomic E-state index is 13.2. The van der Waals surface area contributed by atoms with Crippen molar-refractivity contribution >= 4 is 28.2 Å². The van der Waals surface area contributed by atoms with Crippen LogP contribution in [0.1, 0.15) is 12.8 Å². The molecule has 2 aliphatic heterocycles. The molecule has 2 aliphatic rings. The molecule has 0 N–H and O–H groups in total. The third kappa shape index (κ3) is 3.89. The van der Waals surface area contributed by atoms with Crippen molar-refractivity contribution in [3.63, 3.8) is 0 Å². The first kappa shape index (κ1) is 19.0. The topological polar surface area (TPSA) is 70.4 Å². The van der Waals surface area contributed by atoms with Gasteiger partial charge in [-0.25, -0.2) is 4.98 Å².